The third-order valence-electron chi connectivity index (χ3n) is 6.12. The van der Waals surface area contributed by atoms with Gasteiger partial charge in [-0.3, -0.25) is 4.79 Å². The standard InChI is InChI=1S/C30H29N3O4/c1-35-25-8-6-7-22(15-25)19-33-20-24(26-9-4-5-10-27(26)33)17-23(18-31)30(34)32-14-13-21-11-12-28(36-2)29(16-21)37-3/h4-12,15-17,20H,13-14,19H2,1-3H3,(H,32,34)/b23-17+. The van der Waals surface area contributed by atoms with E-state index in [0.717, 1.165) is 33.3 Å². The summed E-state index contributed by atoms with van der Waals surface area (Å²) in [7, 11) is 4.82. The molecule has 1 N–H and O–H groups in total. The average Bonchev–Trinajstić information content (AvgIpc) is 3.28. The normalized spacial score (nSPS) is 11.1. The number of para-hydroxylation sites is 1. The SMILES string of the molecule is COc1cccc(Cn2cc(/C=C(\C#N)C(=O)NCCc3ccc(OC)c(OC)c3)c3ccccc32)c1. The summed E-state index contributed by atoms with van der Waals surface area (Å²) < 4.78 is 18.1. The number of nitrogens with one attached hydrogen (secondary N) is 1. The molecule has 0 saturated heterocycles. The summed E-state index contributed by atoms with van der Waals surface area (Å²) in [6, 6.07) is 23.5. The van der Waals surface area contributed by atoms with Crippen LogP contribution < -0.4 is 19.5 Å². The lowest BCUT2D eigenvalue weighted by atomic mass is 10.1. The van der Waals surface area contributed by atoms with E-state index in [9.17, 15) is 10.1 Å². The van der Waals surface area contributed by atoms with Crippen molar-refractivity contribution in [2.24, 2.45) is 0 Å². The highest BCUT2D eigenvalue weighted by Crippen LogP contribution is 2.28. The molecule has 0 bridgehead atoms. The highest BCUT2D eigenvalue weighted by molar-refractivity contribution is 6.04. The molecule has 0 aliphatic carbocycles. The number of benzene rings is 3. The fourth-order valence-electron chi connectivity index (χ4n) is 4.24. The second kappa shape index (κ2) is 11.8. The number of ether oxygens (including phenoxy) is 3. The fraction of sp³-hybridized carbons (Fsp3) is 0.200. The lowest BCUT2D eigenvalue weighted by molar-refractivity contribution is -0.117. The van der Waals surface area contributed by atoms with Gasteiger partial charge in [-0.05, 0) is 54.0 Å². The minimum Gasteiger partial charge on any atom is -0.497 e. The van der Waals surface area contributed by atoms with E-state index < -0.39 is 5.91 Å². The summed E-state index contributed by atoms with van der Waals surface area (Å²) in [6.07, 6.45) is 4.21. The number of carbonyl (C=O) groups excluding carboxylic acids is 1. The van der Waals surface area contributed by atoms with Crippen molar-refractivity contribution in [3.8, 4) is 23.3 Å². The van der Waals surface area contributed by atoms with Crippen LogP contribution in [0.3, 0.4) is 0 Å². The van der Waals surface area contributed by atoms with Crippen molar-refractivity contribution in [3.63, 3.8) is 0 Å². The van der Waals surface area contributed by atoms with Crippen LogP contribution in [0.5, 0.6) is 17.2 Å². The predicted octanol–water partition coefficient (Wildman–Crippen LogP) is 4.98. The van der Waals surface area contributed by atoms with Crippen molar-refractivity contribution in [1.29, 1.82) is 5.26 Å². The van der Waals surface area contributed by atoms with Crippen LogP contribution >= 0.6 is 0 Å². The Balaban J connectivity index is 1.51. The average molecular weight is 496 g/mol. The van der Waals surface area contributed by atoms with Gasteiger partial charge in [-0.25, -0.2) is 0 Å². The molecule has 188 valence electrons. The van der Waals surface area contributed by atoms with Gasteiger partial charge in [0.25, 0.3) is 5.91 Å². The van der Waals surface area contributed by atoms with Crippen LogP contribution in [0, 0.1) is 11.3 Å². The van der Waals surface area contributed by atoms with Gasteiger partial charge in [0.2, 0.25) is 0 Å². The van der Waals surface area contributed by atoms with Crippen molar-refractivity contribution >= 4 is 22.9 Å². The zero-order valence-electron chi connectivity index (χ0n) is 21.2. The topological polar surface area (TPSA) is 85.5 Å². The third-order valence-corrected chi connectivity index (χ3v) is 6.12. The quantitative estimate of drug-likeness (QED) is 0.248. The Morgan fingerprint density at radius 2 is 1.76 bits per heavy atom. The zero-order chi connectivity index (χ0) is 26.2. The third kappa shape index (κ3) is 5.93. The van der Waals surface area contributed by atoms with Gasteiger partial charge in [0, 0.05) is 35.8 Å². The minimum atomic E-state index is -0.410. The molecule has 0 saturated carbocycles. The number of hydrogen-bond donors (Lipinski definition) is 1. The monoisotopic (exact) mass is 495 g/mol. The van der Waals surface area contributed by atoms with Gasteiger partial charge in [-0.2, -0.15) is 5.26 Å². The van der Waals surface area contributed by atoms with Crippen molar-refractivity contribution in [2.45, 2.75) is 13.0 Å². The van der Waals surface area contributed by atoms with Gasteiger partial charge in [0.1, 0.15) is 17.4 Å². The summed E-state index contributed by atoms with van der Waals surface area (Å²) in [5.41, 5.74) is 3.95. The molecule has 7 nitrogen and oxygen atoms in total. The molecule has 1 aromatic heterocycles. The Morgan fingerprint density at radius 1 is 0.946 bits per heavy atom. The molecule has 1 heterocycles. The van der Waals surface area contributed by atoms with E-state index in [2.05, 4.69) is 16.0 Å². The largest absolute Gasteiger partial charge is 0.497 e. The maximum atomic E-state index is 12.8. The van der Waals surface area contributed by atoms with Gasteiger partial charge < -0.3 is 24.1 Å². The van der Waals surface area contributed by atoms with Crippen molar-refractivity contribution in [2.75, 3.05) is 27.9 Å². The maximum absolute atomic E-state index is 12.8. The van der Waals surface area contributed by atoms with E-state index in [1.54, 1.807) is 27.4 Å². The molecule has 0 radical (unpaired) electrons. The highest BCUT2D eigenvalue weighted by atomic mass is 16.5. The van der Waals surface area contributed by atoms with E-state index in [4.69, 9.17) is 14.2 Å². The van der Waals surface area contributed by atoms with Crippen molar-refractivity contribution in [3.05, 3.63) is 95.2 Å². The Morgan fingerprint density at radius 3 is 2.51 bits per heavy atom. The number of carbonyl (C=O) groups is 1. The molecule has 0 spiro atoms. The van der Waals surface area contributed by atoms with Crippen LogP contribution in [0.25, 0.3) is 17.0 Å². The van der Waals surface area contributed by atoms with Crippen LogP contribution in [0.4, 0.5) is 0 Å². The molecule has 0 aliphatic heterocycles. The smallest absolute Gasteiger partial charge is 0.261 e. The van der Waals surface area contributed by atoms with Gasteiger partial charge in [0.15, 0.2) is 11.5 Å². The lowest BCUT2D eigenvalue weighted by Gasteiger charge is -2.10. The van der Waals surface area contributed by atoms with Gasteiger partial charge in [-0.15, -0.1) is 0 Å². The van der Waals surface area contributed by atoms with Crippen molar-refractivity contribution < 1.29 is 19.0 Å². The van der Waals surface area contributed by atoms with Crippen LogP contribution in [0.15, 0.2) is 78.5 Å². The molecule has 1 amide bonds. The van der Waals surface area contributed by atoms with E-state index in [-0.39, 0.29) is 5.57 Å². The molecule has 37 heavy (non-hydrogen) atoms. The first-order valence-corrected chi connectivity index (χ1v) is 11.9. The summed E-state index contributed by atoms with van der Waals surface area (Å²) >= 11 is 0. The summed E-state index contributed by atoms with van der Waals surface area (Å²) in [4.78, 5) is 12.8. The van der Waals surface area contributed by atoms with E-state index in [1.165, 1.54) is 0 Å². The first kappa shape index (κ1) is 25.4. The molecule has 0 atom stereocenters. The van der Waals surface area contributed by atoms with Gasteiger partial charge >= 0.3 is 0 Å². The van der Waals surface area contributed by atoms with Crippen molar-refractivity contribution in [1.82, 2.24) is 9.88 Å². The minimum absolute atomic E-state index is 0.0524. The fourth-order valence-corrected chi connectivity index (χ4v) is 4.24. The maximum Gasteiger partial charge on any atom is 0.261 e. The summed E-state index contributed by atoms with van der Waals surface area (Å²) in [6.45, 7) is 1.01. The Kier molecular flexibility index (Phi) is 8.11. The van der Waals surface area contributed by atoms with Gasteiger partial charge in [-0.1, -0.05) is 36.4 Å². The van der Waals surface area contributed by atoms with E-state index in [1.807, 2.05) is 72.9 Å². The molecule has 4 aromatic rings. The molecule has 0 unspecified atom stereocenters. The Hall–Kier alpha value is -4.70. The molecular weight excluding hydrogens is 466 g/mol. The lowest BCUT2D eigenvalue weighted by Crippen LogP contribution is -2.26. The van der Waals surface area contributed by atoms with Crippen LogP contribution in [-0.4, -0.2) is 38.3 Å². The zero-order valence-corrected chi connectivity index (χ0v) is 21.2. The molecule has 3 aromatic carbocycles. The first-order valence-electron chi connectivity index (χ1n) is 11.9. The number of amides is 1. The van der Waals surface area contributed by atoms with Crippen LogP contribution in [0.2, 0.25) is 0 Å². The van der Waals surface area contributed by atoms with Crippen LogP contribution in [-0.2, 0) is 17.8 Å². The number of nitrogens with zero attached hydrogens (tertiary/aromatic N) is 2. The predicted molar refractivity (Wildman–Crippen MR) is 144 cm³/mol. The number of rotatable bonds is 10. The van der Waals surface area contributed by atoms with Gasteiger partial charge in [0.05, 0.1) is 21.3 Å². The molecule has 4 rings (SSSR count). The first-order chi connectivity index (χ1) is 18.1. The number of hydrogen-bond acceptors (Lipinski definition) is 5. The van der Waals surface area contributed by atoms with E-state index >= 15 is 0 Å². The number of aromatic nitrogens is 1. The highest BCUT2D eigenvalue weighted by Gasteiger charge is 2.13. The number of nitriles is 1. The molecule has 7 heteroatoms. The molecule has 0 fully saturated rings. The Labute approximate surface area is 216 Å². The molecular formula is C30H29N3O4. The summed E-state index contributed by atoms with van der Waals surface area (Å²) in [5.74, 6) is 1.67. The number of methoxy groups -OCH3 is 3. The second-order valence-corrected chi connectivity index (χ2v) is 8.45. The van der Waals surface area contributed by atoms with E-state index in [0.29, 0.717) is 31.0 Å². The number of fused-ring (bicyclic) bond motifs is 1. The molecule has 0 aliphatic rings. The summed E-state index contributed by atoms with van der Waals surface area (Å²) in [5, 5.41) is 13.6. The van der Waals surface area contributed by atoms with Crippen LogP contribution in [0.1, 0.15) is 16.7 Å². The Bertz CT molecular complexity index is 1480. The second-order valence-electron chi connectivity index (χ2n) is 8.45.